The summed E-state index contributed by atoms with van der Waals surface area (Å²) in [6.45, 7) is 4.19. The number of hydrogen-bond donors (Lipinski definition) is 3. The van der Waals surface area contributed by atoms with Crippen LogP contribution in [0.25, 0.3) is 0 Å². The Hall–Kier alpha value is -3.14. The Balaban J connectivity index is 2.08. The predicted molar refractivity (Wildman–Crippen MR) is 129 cm³/mol. The topological polar surface area (TPSA) is 141 Å². The molecular weight excluding hydrogens is 442 g/mol. The number of para-hydroxylation sites is 2. The van der Waals surface area contributed by atoms with E-state index in [1.807, 2.05) is 13.8 Å². The second kappa shape index (κ2) is 11.1. The molecule has 5 N–H and O–H groups in total. The van der Waals surface area contributed by atoms with Crippen molar-refractivity contribution < 1.29 is 19.1 Å². The van der Waals surface area contributed by atoms with Crippen molar-refractivity contribution in [3.05, 3.63) is 34.8 Å². The van der Waals surface area contributed by atoms with Gasteiger partial charge in [0.1, 0.15) is 16.7 Å². The standard InChI is InChI=1S/C23H31N5O4S/c1-3-9-16(22(30)26-14-10-5-6-11-14)28(15-12-7-8-13-17(15)32-4-2)23(31)20-18(24)19(21(25)29)27-33-20/h7-8,12-14,16H,3-6,9-11,24H2,1-2H3,(H2,25,29)(H,26,30). The zero-order chi connectivity index (χ0) is 24.0. The number of rotatable bonds is 10. The van der Waals surface area contributed by atoms with Crippen molar-refractivity contribution in [1.29, 1.82) is 0 Å². The summed E-state index contributed by atoms with van der Waals surface area (Å²) in [4.78, 5) is 40.4. The number of benzene rings is 1. The van der Waals surface area contributed by atoms with Crippen molar-refractivity contribution in [1.82, 2.24) is 9.69 Å². The van der Waals surface area contributed by atoms with E-state index in [1.54, 1.807) is 24.3 Å². The van der Waals surface area contributed by atoms with Gasteiger partial charge in [0.15, 0.2) is 5.69 Å². The molecule has 1 aliphatic carbocycles. The van der Waals surface area contributed by atoms with Gasteiger partial charge in [0.25, 0.3) is 11.8 Å². The molecule has 0 aliphatic heterocycles. The highest BCUT2D eigenvalue weighted by Gasteiger charge is 2.36. The molecule has 1 aliphatic rings. The number of hydrogen-bond acceptors (Lipinski definition) is 7. The molecule has 33 heavy (non-hydrogen) atoms. The minimum atomic E-state index is -0.812. The third-order valence-corrected chi connectivity index (χ3v) is 6.53. The largest absolute Gasteiger partial charge is 0.492 e. The molecule has 0 saturated heterocycles. The van der Waals surface area contributed by atoms with E-state index in [2.05, 4.69) is 9.69 Å². The highest BCUT2D eigenvalue weighted by Crippen LogP contribution is 2.34. The lowest BCUT2D eigenvalue weighted by molar-refractivity contribution is -0.123. The molecule has 0 radical (unpaired) electrons. The van der Waals surface area contributed by atoms with Gasteiger partial charge in [-0.15, -0.1) is 0 Å². The first-order valence-corrected chi connectivity index (χ1v) is 12.1. The summed E-state index contributed by atoms with van der Waals surface area (Å²) < 4.78 is 9.74. The highest BCUT2D eigenvalue weighted by molar-refractivity contribution is 7.09. The zero-order valence-corrected chi connectivity index (χ0v) is 19.8. The number of carbonyl (C=O) groups excluding carboxylic acids is 3. The van der Waals surface area contributed by atoms with Crippen LogP contribution >= 0.6 is 11.5 Å². The van der Waals surface area contributed by atoms with Crippen LogP contribution in [0, 0.1) is 0 Å². The van der Waals surface area contributed by atoms with E-state index in [0.29, 0.717) is 30.9 Å². The summed E-state index contributed by atoms with van der Waals surface area (Å²) in [6.07, 6.45) is 5.12. The maximum Gasteiger partial charge on any atom is 0.272 e. The average Bonchev–Trinajstić information content (AvgIpc) is 3.44. The average molecular weight is 474 g/mol. The number of amides is 3. The first-order chi connectivity index (χ1) is 15.9. The lowest BCUT2D eigenvalue weighted by Crippen LogP contribution is -2.52. The van der Waals surface area contributed by atoms with Gasteiger partial charge in [0.05, 0.1) is 18.0 Å². The number of nitrogen functional groups attached to an aromatic ring is 1. The van der Waals surface area contributed by atoms with E-state index in [0.717, 1.165) is 37.2 Å². The van der Waals surface area contributed by atoms with Gasteiger partial charge in [-0.05, 0) is 49.9 Å². The summed E-state index contributed by atoms with van der Waals surface area (Å²) >= 11 is 0.795. The van der Waals surface area contributed by atoms with E-state index >= 15 is 0 Å². The number of anilines is 2. The highest BCUT2D eigenvalue weighted by atomic mass is 32.1. The third kappa shape index (κ3) is 5.44. The molecule has 0 spiro atoms. The molecule has 1 heterocycles. The molecular formula is C23H31N5O4S. The Kier molecular flexibility index (Phi) is 8.26. The molecule has 0 bridgehead atoms. The van der Waals surface area contributed by atoms with Crippen LogP contribution in [0.3, 0.4) is 0 Å². The first kappa shape index (κ1) is 24.5. The van der Waals surface area contributed by atoms with Gasteiger partial charge in [0.2, 0.25) is 5.91 Å². The number of ether oxygens (including phenoxy) is 1. The summed E-state index contributed by atoms with van der Waals surface area (Å²) in [5.41, 5.74) is 11.6. The molecule has 178 valence electrons. The van der Waals surface area contributed by atoms with Crippen LogP contribution in [0.1, 0.15) is 72.5 Å². The smallest absolute Gasteiger partial charge is 0.272 e. The van der Waals surface area contributed by atoms with Gasteiger partial charge in [-0.3, -0.25) is 19.3 Å². The maximum atomic E-state index is 13.8. The quantitative estimate of drug-likeness (QED) is 0.484. The van der Waals surface area contributed by atoms with Crippen molar-refractivity contribution in [3.63, 3.8) is 0 Å². The van der Waals surface area contributed by atoms with E-state index in [-0.39, 0.29) is 28.2 Å². The van der Waals surface area contributed by atoms with E-state index in [1.165, 1.54) is 4.90 Å². The van der Waals surface area contributed by atoms with Crippen molar-refractivity contribution in [3.8, 4) is 5.75 Å². The summed E-state index contributed by atoms with van der Waals surface area (Å²) in [5, 5.41) is 3.12. The second-order valence-corrected chi connectivity index (χ2v) is 8.78. The van der Waals surface area contributed by atoms with Gasteiger partial charge >= 0.3 is 0 Å². The molecule has 1 aromatic carbocycles. The van der Waals surface area contributed by atoms with Crippen molar-refractivity contribution in [2.75, 3.05) is 17.2 Å². The van der Waals surface area contributed by atoms with Gasteiger partial charge < -0.3 is 21.5 Å². The fourth-order valence-electron chi connectivity index (χ4n) is 4.11. The van der Waals surface area contributed by atoms with Crippen LogP contribution in [0.15, 0.2) is 24.3 Å². The number of primary amides is 1. The number of nitrogens with one attached hydrogen (secondary N) is 1. The van der Waals surface area contributed by atoms with Crippen LogP contribution in [-0.4, -0.2) is 40.8 Å². The van der Waals surface area contributed by atoms with Crippen LogP contribution in [0.5, 0.6) is 5.75 Å². The minimum Gasteiger partial charge on any atom is -0.492 e. The molecule has 1 unspecified atom stereocenters. The maximum absolute atomic E-state index is 13.8. The summed E-state index contributed by atoms with van der Waals surface area (Å²) in [7, 11) is 0. The number of aromatic nitrogens is 1. The molecule has 2 aromatic rings. The predicted octanol–water partition coefficient (Wildman–Crippen LogP) is 3.10. The van der Waals surface area contributed by atoms with E-state index in [9.17, 15) is 14.4 Å². The fraction of sp³-hybridized carbons (Fsp3) is 0.478. The van der Waals surface area contributed by atoms with Crippen LogP contribution < -0.4 is 26.4 Å². The Bertz CT molecular complexity index is 1000. The van der Waals surface area contributed by atoms with Crippen molar-refractivity contribution >= 4 is 40.6 Å². The van der Waals surface area contributed by atoms with Crippen molar-refractivity contribution in [2.24, 2.45) is 5.73 Å². The Morgan fingerprint density at radius 1 is 1.24 bits per heavy atom. The Labute approximate surface area is 197 Å². The molecule has 1 aromatic heterocycles. The van der Waals surface area contributed by atoms with E-state index in [4.69, 9.17) is 16.2 Å². The van der Waals surface area contributed by atoms with Crippen molar-refractivity contribution in [2.45, 2.75) is 64.5 Å². The first-order valence-electron chi connectivity index (χ1n) is 11.3. The minimum absolute atomic E-state index is 0.0601. The normalized spacial score (nSPS) is 14.6. The number of carbonyl (C=O) groups is 3. The van der Waals surface area contributed by atoms with Gasteiger partial charge in [-0.25, -0.2) is 0 Å². The molecule has 1 fully saturated rings. The monoisotopic (exact) mass is 473 g/mol. The SMILES string of the molecule is CCCC(C(=O)NC1CCCC1)N(C(=O)c1snc(C(N)=O)c1N)c1ccccc1OCC. The number of nitrogens with zero attached hydrogens (tertiary/aromatic N) is 2. The zero-order valence-electron chi connectivity index (χ0n) is 19.0. The fourth-order valence-corrected chi connectivity index (χ4v) is 4.85. The second-order valence-electron chi connectivity index (χ2n) is 8.01. The summed E-state index contributed by atoms with van der Waals surface area (Å²) in [6, 6.07) is 6.38. The van der Waals surface area contributed by atoms with Gasteiger partial charge in [0, 0.05) is 6.04 Å². The molecule has 9 nitrogen and oxygen atoms in total. The van der Waals surface area contributed by atoms with Crippen LogP contribution in [-0.2, 0) is 4.79 Å². The van der Waals surface area contributed by atoms with Gasteiger partial charge in [-0.1, -0.05) is 38.3 Å². The molecule has 3 rings (SSSR count). The van der Waals surface area contributed by atoms with Gasteiger partial charge in [-0.2, -0.15) is 4.37 Å². The Morgan fingerprint density at radius 3 is 2.55 bits per heavy atom. The molecule has 1 saturated carbocycles. The van der Waals surface area contributed by atoms with E-state index < -0.39 is 17.9 Å². The molecule has 3 amide bonds. The van der Waals surface area contributed by atoms with Crippen LogP contribution in [0.2, 0.25) is 0 Å². The Morgan fingerprint density at radius 2 is 1.94 bits per heavy atom. The lowest BCUT2D eigenvalue weighted by Gasteiger charge is -2.32. The lowest BCUT2D eigenvalue weighted by atomic mass is 10.1. The third-order valence-electron chi connectivity index (χ3n) is 5.68. The van der Waals surface area contributed by atoms with Crippen LogP contribution in [0.4, 0.5) is 11.4 Å². The molecule has 10 heteroatoms. The molecule has 1 atom stereocenters. The number of nitrogens with two attached hydrogens (primary N) is 2. The summed E-state index contributed by atoms with van der Waals surface area (Å²) in [5.74, 6) is -1.08.